The third-order valence-corrected chi connectivity index (χ3v) is 1.87. The minimum Gasteiger partial charge on any atom is -0.0845 e. The van der Waals surface area contributed by atoms with Crippen LogP contribution in [0.3, 0.4) is 0 Å². The molecule has 0 aromatic heterocycles. The molecule has 68 valence electrons. The van der Waals surface area contributed by atoms with E-state index in [1.165, 1.54) is 32.1 Å². The number of hydrogen-bond acceptors (Lipinski definition) is 0. The first-order valence-corrected chi connectivity index (χ1v) is 4.91. The predicted octanol–water partition coefficient (Wildman–Crippen LogP) is 4.10. The molecule has 12 heavy (non-hydrogen) atoms. The number of allylic oxidation sites excluding steroid dienone is 3. The van der Waals surface area contributed by atoms with Crippen molar-refractivity contribution in [2.24, 2.45) is 0 Å². The first-order valence-electron chi connectivity index (χ1n) is 4.91. The molecule has 0 saturated heterocycles. The van der Waals surface area contributed by atoms with Crippen LogP contribution >= 0.6 is 0 Å². The summed E-state index contributed by atoms with van der Waals surface area (Å²) in [7, 11) is 0. The second-order valence-electron chi connectivity index (χ2n) is 3.03. The average Bonchev–Trinajstić information content (AvgIpc) is 2.10. The molecule has 0 spiro atoms. The maximum Gasteiger partial charge on any atom is -0.0348 e. The van der Waals surface area contributed by atoms with Crippen molar-refractivity contribution in [2.75, 3.05) is 0 Å². The van der Waals surface area contributed by atoms with E-state index in [2.05, 4.69) is 13.0 Å². The van der Waals surface area contributed by atoms with E-state index in [9.17, 15) is 0 Å². The van der Waals surface area contributed by atoms with Gasteiger partial charge in [-0.15, -0.1) is 0 Å². The Bertz CT molecular complexity index is 111. The lowest BCUT2D eigenvalue weighted by Gasteiger charge is -1.96. The highest BCUT2D eigenvalue weighted by atomic mass is 13.9. The first kappa shape index (κ1) is 11.5. The topological polar surface area (TPSA) is 0 Å². The molecule has 0 fully saturated rings. The van der Waals surface area contributed by atoms with Crippen molar-refractivity contribution in [3.05, 3.63) is 31.7 Å². The van der Waals surface area contributed by atoms with E-state index in [1.807, 2.05) is 6.08 Å². The molecule has 0 saturated carbocycles. The van der Waals surface area contributed by atoms with Crippen molar-refractivity contribution in [2.45, 2.75) is 44.9 Å². The van der Waals surface area contributed by atoms with Gasteiger partial charge in [-0.2, -0.15) is 0 Å². The van der Waals surface area contributed by atoms with E-state index in [-0.39, 0.29) is 0 Å². The Morgan fingerprint density at radius 2 is 1.67 bits per heavy atom. The van der Waals surface area contributed by atoms with E-state index in [0.29, 0.717) is 0 Å². The SMILES string of the molecule is [CH]=CC=CCCCCCCC[CH2]. The lowest BCUT2D eigenvalue weighted by molar-refractivity contribution is 0.621. The molecule has 0 atom stereocenters. The van der Waals surface area contributed by atoms with Crippen LogP contribution in [0.5, 0.6) is 0 Å². The molecule has 0 heteroatoms. The molecule has 0 aromatic carbocycles. The summed E-state index contributed by atoms with van der Waals surface area (Å²) in [5.74, 6) is 0. The van der Waals surface area contributed by atoms with Crippen molar-refractivity contribution in [3.63, 3.8) is 0 Å². The van der Waals surface area contributed by atoms with E-state index in [0.717, 1.165) is 12.8 Å². The second kappa shape index (κ2) is 10.5. The summed E-state index contributed by atoms with van der Waals surface area (Å²) < 4.78 is 0. The molecular weight excluding hydrogens is 144 g/mol. The number of unbranched alkanes of at least 4 members (excludes halogenated alkanes) is 6. The van der Waals surface area contributed by atoms with Crippen LogP contribution in [0.15, 0.2) is 18.2 Å². The Hall–Kier alpha value is -0.520. The van der Waals surface area contributed by atoms with Crippen LogP contribution in [-0.4, -0.2) is 0 Å². The Kier molecular flexibility index (Phi) is 10.0. The van der Waals surface area contributed by atoms with Crippen molar-refractivity contribution in [1.29, 1.82) is 0 Å². The monoisotopic (exact) mass is 164 g/mol. The Balaban J connectivity index is 2.90. The van der Waals surface area contributed by atoms with E-state index >= 15 is 0 Å². The molecule has 0 aliphatic heterocycles. The third-order valence-electron chi connectivity index (χ3n) is 1.87. The summed E-state index contributed by atoms with van der Waals surface area (Å²) in [5, 5.41) is 0. The van der Waals surface area contributed by atoms with Crippen LogP contribution in [0.25, 0.3) is 0 Å². The van der Waals surface area contributed by atoms with E-state index in [4.69, 9.17) is 6.58 Å². The van der Waals surface area contributed by atoms with Crippen molar-refractivity contribution in [1.82, 2.24) is 0 Å². The molecule has 0 aliphatic carbocycles. The van der Waals surface area contributed by atoms with Crippen LogP contribution in [0.1, 0.15) is 44.9 Å². The summed E-state index contributed by atoms with van der Waals surface area (Å²) in [4.78, 5) is 0. The van der Waals surface area contributed by atoms with Gasteiger partial charge in [0, 0.05) is 0 Å². The fourth-order valence-corrected chi connectivity index (χ4v) is 1.14. The van der Waals surface area contributed by atoms with Gasteiger partial charge < -0.3 is 0 Å². The normalized spacial score (nSPS) is 10.8. The molecule has 0 nitrogen and oxygen atoms in total. The van der Waals surface area contributed by atoms with Gasteiger partial charge in [-0.25, -0.2) is 0 Å². The summed E-state index contributed by atoms with van der Waals surface area (Å²) in [6.07, 6.45) is 14.5. The smallest absolute Gasteiger partial charge is 0.0348 e. The van der Waals surface area contributed by atoms with E-state index in [1.54, 1.807) is 6.08 Å². The highest BCUT2D eigenvalue weighted by Crippen LogP contribution is 2.06. The third kappa shape index (κ3) is 9.48. The van der Waals surface area contributed by atoms with E-state index < -0.39 is 0 Å². The van der Waals surface area contributed by atoms with Crippen LogP contribution in [-0.2, 0) is 0 Å². The van der Waals surface area contributed by atoms with Crippen LogP contribution in [0.4, 0.5) is 0 Å². The molecule has 0 aromatic rings. The van der Waals surface area contributed by atoms with Crippen LogP contribution in [0, 0.1) is 13.5 Å². The maximum absolute atomic E-state index is 5.19. The lowest BCUT2D eigenvalue weighted by atomic mass is 10.1. The van der Waals surface area contributed by atoms with Crippen LogP contribution in [0.2, 0.25) is 0 Å². The second-order valence-corrected chi connectivity index (χ2v) is 3.03. The zero-order valence-electron chi connectivity index (χ0n) is 7.97. The molecule has 2 radical (unpaired) electrons. The first-order chi connectivity index (χ1) is 5.91. The molecule has 0 rings (SSSR count). The summed E-state index contributed by atoms with van der Waals surface area (Å²) in [6.45, 7) is 9.01. The van der Waals surface area contributed by atoms with Crippen molar-refractivity contribution >= 4 is 0 Å². The standard InChI is InChI=1S/C12H20/c1-3-5-7-9-11-12-10-8-6-4-2/h1,3,5,7H,2,4,6,8-12H2. The lowest BCUT2D eigenvalue weighted by Crippen LogP contribution is -1.77. The molecular formula is C12H20. The Labute approximate surface area is 77.4 Å². The van der Waals surface area contributed by atoms with Gasteiger partial charge in [-0.05, 0) is 12.8 Å². The molecule has 0 aliphatic rings. The van der Waals surface area contributed by atoms with Gasteiger partial charge in [0.2, 0.25) is 0 Å². The fourth-order valence-electron chi connectivity index (χ4n) is 1.14. The van der Waals surface area contributed by atoms with Crippen molar-refractivity contribution in [3.8, 4) is 0 Å². The quantitative estimate of drug-likeness (QED) is 0.374. The van der Waals surface area contributed by atoms with Gasteiger partial charge >= 0.3 is 0 Å². The minimum atomic E-state index is 1.09. The molecule has 0 unspecified atom stereocenters. The van der Waals surface area contributed by atoms with Gasteiger partial charge in [-0.1, -0.05) is 63.8 Å². The van der Waals surface area contributed by atoms with Crippen molar-refractivity contribution < 1.29 is 0 Å². The predicted molar refractivity (Wildman–Crippen MR) is 55.7 cm³/mol. The van der Waals surface area contributed by atoms with Gasteiger partial charge in [0.05, 0.1) is 0 Å². The largest absolute Gasteiger partial charge is 0.0845 e. The Morgan fingerprint density at radius 1 is 1.00 bits per heavy atom. The molecule has 0 bridgehead atoms. The molecule has 0 N–H and O–H groups in total. The minimum absolute atomic E-state index is 1.09. The molecule has 0 heterocycles. The number of hydrogen-bond donors (Lipinski definition) is 0. The maximum atomic E-state index is 5.19. The zero-order chi connectivity index (χ0) is 9.07. The molecule has 0 amide bonds. The average molecular weight is 164 g/mol. The van der Waals surface area contributed by atoms with Crippen LogP contribution < -0.4 is 0 Å². The fraction of sp³-hybridized carbons (Fsp3) is 0.583. The van der Waals surface area contributed by atoms with Gasteiger partial charge in [0.1, 0.15) is 0 Å². The zero-order valence-corrected chi connectivity index (χ0v) is 7.97. The van der Waals surface area contributed by atoms with Gasteiger partial charge in [0.25, 0.3) is 0 Å². The van der Waals surface area contributed by atoms with Gasteiger partial charge in [0.15, 0.2) is 0 Å². The Morgan fingerprint density at radius 3 is 2.33 bits per heavy atom. The summed E-state index contributed by atoms with van der Waals surface area (Å²) >= 11 is 0. The number of rotatable bonds is 8. The highest BCUT2D eigenvalue weighted by Gasteiger charge is 1.87. The van der Waals surface area contributed by atoms with Gasteiger partial charge in [-0.3, -0.25) is 0 Å². The summed E-state index contributed by atoms with van der Waals surface area (Å²) in [6, 6.07) is 0. The summed E-state index contributed by atoms with van der Waals surface area (Å²) in [5.41, 5.74) is 0. The highest BCUT2D eigenvalue weighted by molar-refractivity contribution is 4.95.